The lowest BCUT2D eigenvalue weighted by Gasteiger charge is -2.27. The molecule has 0 fully saturated rings. The first-order valence-corrected chi connectivity index (χ1v) is 5.74. The molecule has 6 heteroatoms. The molecule has 0 unspecified atom stereocenters. The predicted octanol–water partition coefficient (Wildman–Crippen LogP) is 0.110. The van der Waals surface area contributed by atoms with Crippen LogP contribution in [-0.2, 0) is 14.3 Å². The van der Waals surface area contributed by atoms with Crippen LogP contribution >= 0.6 is 0 Å². The average Bonchev–Trinajstić information content (AvgIpc) is 2.23. The van der Waals surface area contributed by atoms with Crippen LogP contribution in [0, 0.1) is 0 Å². The highest BCUT2D eigenvalue weighted by Crippen LogP contribution is 2.17. The van der Waals surface area contributed by atoms with Gasteiger partial charge in [-0.15, -0.1) is 0 Å². The van der Waals surface area contributed by atoms with Gasteiger partial charge >= 0.3 is 11.9 Å². The number of aliphatic carboxylic acids is 1. The summed E-state index contributed by atoms with van der Waals surface area (Å²) in [6.07, 6.45) is 1.05. The van der Waals surface area contributed by atoms with Gasteiger partial charge in [0.15, 0.2) is 0 Å². The van der Waals surface area contributed by atoms with Gasteiger partial charge in [-0.3, -0.25) is 5.32 Å². The summed E-state index contributed by atoms with van der Waals surface area (Å²) in [4.78, 5) is 23.1. The number of hydrogen-bond acceptors (Lipinski definition) is 5. The summed E-state index contributed by atoms with van der Waals surface area (Å²) < 4.78 is 4.99. The van der Waals surface area contributed by atoms with Crippen molar-refractivity contribution in [3.63, 3.8) is 0 Å². The third kappa shape index (κ3) is 4.32. The molecule has 100 valence electrons. The molecule has 0 amide bonds. The monoisotopic (exact) mass is 246 g/mol. The second-order valence-electron chi connectivity index (χ2n) is 4.16. The van der Waals surface area contributed by atoms with Gasteiger partial charge in [-0.1, -0.05) is 0 Å². The Morgan fingerprint density at radius 3 is 2.35 bits per heavy atom. The first-order valence-electron chi connectivity index (χ1n) is 5.74. The maximum absolute atomic E-state index is 11.8. The summed E-state index contributed by atoms with van der Waals surface area (Å²) in [6, 6.07) is 0. The van der Waals surface area contributed by atoms with E-state index in [1.165, 1.54) is 7.05 Å². The SMILES string of the molecule is CN[C@@](CCCCN)(C(=O)O)C(=O)OC(C)C. The Balaban J connectivity index is 4.81. The molecule has 0 heterocycles. The van der Waals surface area contributed by atoms with E-state index >= 15 is 0 Å². The number of carbonyl (C=O) groups excluding carboxylic acids is 1. The van der Waals surface area contributed by atoms with Crippen molar-refractivity contribution in [1.82, 2.24) is 5.32 Å². The number of likely N-dealkylation sites (N-methyl/N-ethyl adjacent to an activating group) is 1. The number of ether oxygens (including phenoxy) is 1. The molecular weight excluding hydrogens is 224 g/mol. The maximum atomic E-state index is 11.8. The van der Waals surface area contributed by atoms with Crippen molar-refractivity contribution in [2.45, 2.75) is 44.8 Å². The fourth-order valence-electron chi connectivity index (χ4n) is 1.48. The summed E-state index contributed by atoms with van der Waals surface area (Å²) in [5.74, 6) is -1.97. The van der Waals surface area contributed by atoms with Crippen LogP contribution < -0.4 is 11.1 Å². The third-order valence-corrected chi connectivity index (χ3v) is 2.49. The zero-order valence-corrected chi connectivity index (χ0v) is 10.7. The molecular formula is C11H22N2O4. The standard InChI is InChI=1S/C11H22N2O4/c1-8(2)17-10(16)11(13-3,9(14)15)6-4-5-7-12/h8,13H,4-7,12H2,1-3H3,(H,14,15)/t11-/m0/s1. The summed E-state index contributed by atoms with van der Waals surface area (Å²) in [6.45, 7) is 3.83. The van der Waals surface area contributed by atoms with Gasteiger partial charge in [-0.25, -0.2) is 9.59 Å². The molecule has 0 rings (SSSR count). The molecule has 17 heavy (non-hydrogen) atoms. The highest BCUT2D eigenvalue weighted by atomic mass is 16.5. The van der Waals surface area contributed by atoms with E-state index in [9.17, 15) is 14.7 Å². The van der Waals surface area contributed by atoms with Gasteiger partial charge in [0.25, 0.3) is 0 Å². The Labute approximate surface area is 102 Å². The highest BCUT2D eigenvalue weighted by Gasteiger charge is 2.46. The van der Waals surface area contributed by atoms with Crippen molar-refractivity contribution in [1.29, 1.82) is 0 Å². The third-order valence-electron chi connectivity index (χ3n) is 2.49. The quantitative estimate of drug-likeness (QED) is 0.319. The lowest BCUT2D eigenvalue weighted by Crippen LogP contribution is -2.58. The second-order valence-corrected chi connectivity index (χ2v) is 4.16. The van der Waals surface area contributed by atoms with E-state index in [-0.39, 0.29) is 12.5 Å². The summed E-state index contributed by atoms with van der Waals surface area (Å²) in [5.41, 5.74) is 3.68. The number of hydrogen-bond donors (Lipinski definition) is 3. The number of nitrogens with one attached hydrogen (secondary N) is 1. The van der Waals surface area contributed by atoms with Gasteiger partial charge in [-0.05, 0) is 46.7 Å². The fraction of sp³-hybridized carbons (Fsp3) is 0.818. The minimum absolute atomic E-state index is 0.168. The number of esters is 1. The number of carboxylic acids is 1. The van der Waals surface area contributed by atoms with Crippen molar-refractivity contribution >= 4 is 11.9 Å². The molecule has 0 radical (unpaired) electrons. The Bertz CT molecular complexity index is 268. The molecule has 6 nitrogen and oxygen atoms in total. The molecule has 0 aromatic rings. The minimum atomic E-state index is -1.67. The van der Waals surface area contributed by atoms with Crippen molar-refractivity contribution < 1.29 is 19.4 Å². The number of carboxylic acid groups (broad SMARTS) is 1. The average molecular weight is 246 g/mol. The molecule has 0 bridgehead atoms. The topological polar surface area (TPSA) is 102 Å². The molecule has 0 aliphatic carbocycles. The minimum Gasteiger partial charge on any atom is -0.479 e. The number of nitrogens with two attached hydrogens (primary N) is 1. The summed E-state index contributed by atoms with van der Waals surface area (Å²) >= 11 is 0. The zero-order chi connectivity index (χ0) is 13.5. The first-order chi connectivity index (χ1) is 7.90. The molecule has 0 spiro atoms. The van der Waals surface area contributed by atoms with E-state index in [0.29, 0.717) is 19.4 Å². The summed E-state index contributed by atoms with van der Waals surface area (Å²) in [7, 11) is 1.44. The fourth-order valence-corrected chi connectivity index (χ4v) is 1.48. The van der Waals surface area contributed by atoms with E-state index in [0.717, 1.165) is 0 Å². The Morgan fingerprint density at radius 2 is 2.00 bits per heavy atom. The van der Waals surface area contributed by atoms with Crippen LogP contribution in [0.15, 0.2) is 0 Å². The molecule has 0 aliphatic heterocycles. The van der Waals surface area contributed by atoms with Gasteiger partial charge in [0.05, 0.1) is 6.10 Å². The molecule has 0 aromatic heterocycles. The lowest BCUT2D eigenvalue weighted by atomic mass is 9.92. The number of carbonyl (C=O) groups is 2. The molecule has 0 saturated carbocycles. The van der Waals surface area contributed by atoms with Crippen molar-refractivity contribution in [2.75, 3.05) is 13.6 Å². The molecule has 1 atom stereocenters. The van der Waals surface area contributed by atoms with Gasteiger partial charge in [0, 0.05) is 0 Å². The Kier molecular flexibility index (Phi) is 6.75. The van der Waals surface area contributed by atoms with Crippen molar-refractivity contribution in [3.8, 4) is 0 Å². The van der Waals surface area contributed by atoms with E-state index < -0.39 is 17.5 Å². The van der Waals surface area contributed by atoms with Crippen LogP contribution in [0.25, 0.3) is 0 Å². The maximum Gasteiger partial charge on any atom is 0.338 e. The zero-order valence-electron chi connectivity index (χ0n) is 10.7. The van der Waals surface area contributed by atoms with Gasteiger partial charge < -0.3 is 15.6 Å². The van der Waals surface area contributed by atoms with Gasteiger partial charge in [0.1, 0.15) is 0 Å². The van der Waals surface area contributed by atoms with Crippen LogP contribution in [-0.4, -0.2) is 42.3 Å². The van der Waals surface area contributed by atoms with Crippen LogP contribution in [0.1, 0.15) is 33.1 Å². The van der Waals surface area contributed by atoms with E-state index in [1.807, 2.05) is 0 Å². The smallest absolute Gasteiger partial charge is 0.338 e. The van der Waals surface area contributed by atoms with E-state index in [4.69, 9.17) is 10.5 Å². The van der Waals surface area contributed by atoms with Crippen LogP contribution in [0.4, 0.5) is 0 Å². The first kappa shape index (κ1) is 15.9. The normalized spacial score (nSPS) is 14.4. The predicted molar refractivity (Wildman–Crippen MR) is 63.6 cm³/mol. The Hall–Kier alpha value is -1.14. The summed E-state index contributed by atoms with van der Waals surface area (Å²) in [5, 5.41) is 11.8. The van der Waals surface area contributed by atoms with Crippen molar-refractivity contribution in [2.24, 2.45) is 5.73 Å². The Morgan fingerprint density at radius 1 is 1.41 bits per heavy atom. The van der Waals surface area contributed by atoms with Crippen LogP contribution in [0.5, 0.6) is 0 Å². The number of rotatable bonds is 8. The molecule has 0 aliphatic rings. The highest BCUT2D eigenvalue weighted by molar-refractivity contribution is 6.04. The molecule has 0 aromatic carbocycles. The second kappa shape index (κ2) is 7.24. The van der Waals surface area contributed by atoms with Gasteiger partial charge in [0.2, 0.25) is 5.54 Å². The largest absolute Gasteiger partial charge is 0.479 e. The van der Waals surface area contributed by atoms with Crippen LogP contribution in [0.3, 0.4) is 0 Å². The molecule has 4 N–H and O–H groups in total. The van der Waals surface area contributed by atoms with E-state index in [1.54, 1.807) is 13.8 Å². The molecule has 0 saturated heterocycles. The lowest BCUT2D eigenvalue weighted by molar-refractivity contribution is -0.166. The van der Waals surface area contributed by atoms with Crippen LogP contribution in [0.2, 0.25) is 0 Å². The van der Waals surface area contributed by atoms with Gasteiger partial charge in [-0.2, -0.15) is 0 Å². The number of unbranched alkanes of at least 4 members (excludes halogenated alkanes) is 1. The van der Waals surface area contributed by atoms with Crippen molar-refractivity contribution in [3.05, 3.63) is 0 Å². The van der Waals surface area contributed by atoms with E-state index in [2.05, 4.69) is 5.32 Å².